The minimum atomic E-state index is -0.388. The van der Waals surface area contributed by atoms with Gasteiger partial charge in [0.2, 0.25) is 5.91 Å². The molecule has 166 valence electrons. The molecule has 1 aliphatic carbocycles. The molecule has 0 spiro atoms. The quantitative estimate of drug-likeness (QED) is 0.397. The van der Waals surface area contributed by atoms with Gasteiger partial charge in [-0.25, -0.2) is 4.79 Å². The van der Waals surface area contributed by atoms with E-state index in [1.165, 1.54) is 11.3 Å². The number of amides is 2. The third-order valence-electron chi connectivity index (χ3n) is 4.87. The summed E-state index contributed by atoms with van der Waals surface area (Å²) in [4.78, 5) is 37.2. The van der Waals surface area contributed by atoms with Crippen LogP contribution in [0.4, 0.5) is 5.00 Å². The van der Waals surface area contributed by atoms with Crippen LogP contribution in [0.3, 0.4) is 0 Å². The van der Waals surface area contributed by atoms with Crippen LogP contribution < -0.4 is 15.4 Å². The van der Waals surface area contributed by atoms with Crippen molar-refractivity contribution >= 4 is 34.1 Å². The summed E-state index contributed by atoms with van der Waals surface area (Å²) in [6.07, 6.45) is 2.82. The van der Waals surface area contributed by atoms with Crippen molar-refractivity contribution in [1.29, 1.82) is 0 Å². The number of hydrogen-bond donors (Lipinski definition) is 2. The number of ether oxygens (including phenoxy) is 2. The molecule has 1 aromatic carbocycles. The minimum absolute atomic E-state index is 0.196. The van der Waals surface area contributed by atoms with E-state index in [0.29, 0.717) is 47.4 Å². The Morgan fingerprint density at radius 3 is 2.61 bits per heavy atom. The Hall–Kier alpha value is -2.87. The first-order valence-corrected chi connectivity index (χ1v) is 11.5. The summed E-state index contributed by atoms with van der Waals surface area (Å²) in [5.41, 5.74) is 1.93. The molecule has 2 amide bonds. The monoisotopic (exact) mass is 444 g/mol. The van der Waals surface area contributed by atoms with E-state index in [4.69, 9.17) is 9.47 Å². The molecule has 0 atom stereocenters. The molecule has 0 saturated heterocycles. The molecule has 1 aromatic heterocycles. The van der Waals surface area contributed by atoms with Gasteiger partial charge >= 0.3 is 5.97 Å². The Morgan fingerprint density at radius 1 is 1.13 bits per heavy atom. The molecular weight excluding hydrogens is 416 g/mol. The second kappa shape index (κ2) is 10.9. The van der Waals surface area contributed by atoms with E-state index in [-0.39, 0.29) is 30.8 Å². The van der Waals surface area contributed by atoms with Crippen molar-refractivity contribution in [1.82, 2.24) is 5.32 Å². The predicted octanol–water partition coefficient (Wildman–Crippen LogP) is 4.35. The lowest BCUT2D eigenvalue weighted by atomic mass is 10.1. The molecule has 1 aliphatic rings. The highest BCUT2D eigenvalue weighted by Gasteiger charge is 2.32. The van der Waals surface area contributed by atoms with Gasteiger partial charge < -0.3 is 20.1 Å². The zero-order valence-electron chi connectivity index (χ0n) is 17.9. The van der Waals surface area contributed by atoms with Gasteiger partial charge in [0.05, 0.1) is 24.3 Å². The van der Waals surface area contributed by atoms with Crippen molar-refractivity contribution < 1.29 is 23.9 Å². The van der Waals surface area contributed by atoms with Crippen LogP contribution in [0.5, 0.6) is 5.75 Å². The van der Waals surface area contributed by atoms with Gasteiger partial charge in [0.1, 0.15) is 10.8 Å². The number of nitrogens with one attached hydrogen (secondary N) is 2. The van der Waals surface area contributed by atoms with E-state index in [0.717, 1.165) is 18.4 Å². The Bertz CT molecular complexity index is 936. The van der Waals surface area contributed by atoms with Gasteiger partial charge in [-0.3, -0.25) is 9.59 Å². The van der Waals surface area contributed by atoms with Crippen molar-refractivity contribution in [2.45, 2.75) is 45.4 Å². The summed E-state index contributed by atoms with van der Waals surface area (Å²) >= 11 is 1.36. The van der Waals surface area contributed by atoms with Crippen LogP contribution >= 0.6 is 11.3 Å². The van der Waals surface area contributed by atoms with Gasteiger partial charge in [-0.1, -0.05) is 12.1 Å². The van der Waals surface area contributed by atoms with Crippen LogP contribution in [0.1, 0.15) is 71.7 Å². The summed E-state index contributed by atoms with van der Waals surface area (Å²) in [7, 11) is 0. The molecule has 0 unspecified atom stereocenters. The van der Waals surface area contributed by atoms with E-state index in [1.807, 2.05) is 18.4 Å². The topological polar surface area (TPSA) is 93.7 Å². The maximum atomic E-state index is 12.4. The molecular formula is C23H28N2O5S. The summed E-state index contributed by atoms with van der Waals surface area (Å²) < 4.78 is 10.7. The van der Waals surface area contributed by atoms with E-state index < -0.39 is 0 Å². The normalized spacial score (nSPS) is 12.8. The highest BCUT2D eigenvalue weighted by Crippen LogP contribution is 2.46. The van der Waals surface area contributed by atoms with Crippen molar-refractivity contribution in [3.05, 3.63) is 46.3 Å². The second-order valence-electron chi connectivity index (χ2n) is 7.23. The predicted molar refractivity (Wildman–Crippen MR) is 120 cm³/mol. The van der Waals surface area contributed by atoms with Gasteiger partial charge in [0.25, 0.3) is 5.91 Å². The molecule has 1 fully saturated rings. The van der Waals surface area contributed by atoms with Gasteiger partial charge in [0, 0.05) is 13.0 Å². The number of rotatable bonds is 11. The summed E-state index contributed by atoms with van der Waals surface area (Å²) in [5, 5.41) is 8.15. The molecule has 0 aliphatic heterocycles. The molecule has 0 radical (unpaired) electrons. The van der Waals surface area contributed by atoms with Crippen LogP contribution in [0.25, 0.3) is 0 Å². The van der Waals surface area contributed by atoms with Crippen molar-refractivity contribution in [2.75, 3.05) is 25.1 Å². The zero-order chi connectivity index (χ0) is 22.2. The molecule has 2 N–H and O–H groups in total. The SMILES string of the molecule is CCOC(=O)c1c(C2CC2)csc1NC(=O)CCCNC(=O)c1ccccc1OCC. The number of carbonyl (C=O) groups excluding carboxylic acids is 3. The maximum absolute atomic E-state index is 12.4. The number of hydrogen-bond acceptors (Lipinski definition) is 6. The van der Waals surface area contributed by atoms with Crippen LogP contribution in [-0.2, 0) is 9.53 Å². The fourth-order valence-electron chi connectivity index (χ4n) is 3.24. The Labute approximate surface area is 186 Å². The van der Waals surface area contributed by atoms with E-state index in [1.54, 1.807) is 25.1 Å². The smallest absolute Gasteiger partial charge is 0.341 e. The molecule has 3 rings (SSSR count). The molecule has 7 nitrogen and oxygen atoms in total. The Kier molecular flexibility index (Phi) is 8.06. The Balaban J connectivity index is 1.50. The van der Waals surface area contributed by atoms with Gasteiger partial charge in [-0.2, -0.15) is 0 Å². The Morgan fingerprint density at radius 2 is 1.90 bits per heavy atom. The molecule has 8 heteroatoms. The van der Waals surface area contributed by atoms with Gasteiger partial charge in [-0.15, -0.1) is 11.3 Å². The fourth-order valence-corrected chi connectivity index (χ4v) is 4.29. The largest absolute Gasteiger partial charge is 0.493 e. The van der Waals surface area contributed by atoms with Crippen LogP contribution in [0.15, 0.2) is 29.6 Å². The molecule has 2 aromatic rings. The third-order valence-corrected chi connectivity index (χ3v) is 5.78. The summed E-state index contributed by atoms with van der Waals surface area (Å²) in [6.45, 7) is 4.75. The minimum Gasteiger partial charge on any atom is -0.493 e. The van der Waals surface area contributed by atoms with Crippen LogP contribution in [0, 0.1) is 0 Å². The van der Waals surface area contributed by atoms with E-state index >= 15 is 0 Å². The lowest BCUT2D eigenvalue weighted by molar-refractivity contribution is -0.116. The van der Waals surface area contributed by atoms with Crippen molar-refractivity contribution in [2.24, 2.45) is 0 Å². The van der Waals surface area contributed by atoms with Crippen molar-refractivity contribution in [3.8, 4) is 5.75 Å². The molecule has 0 bridgehead atoms. The summed E-state index contributed by atoms with van der Waals surface area (Å²) in [6, 6.07) is 7.06. The number of carbonyl (C=O) groups is 3. The van der Waals surface area contributed by atoms with E-state index in [9.17, 15) is 14.4 Å². The van der Waals surface area contributed by atoms with Gasteiger partial charge in [-0.05, 0) is 62.1 Å². The summed E-state index contributed by atoms with van der Waals surface area (Å²) in [5.74, 6) is 0.105. The average molecular weight is 445 g/mol. The highest BCUT2D eigenvalue weighted by molar-refractivity contribution is 7.15. The number of para-hydroxylation sites is 1. The standard InChI is InChI=1S/C23H28N2O5S/c1-3-29-18-9-6-5-8-16(18)21(27)24-13-7-10-19(26)25-22-20(23(28)30-4-2)17(14-31-22)15-11-12-15/h5-6,8-9,14-15H,3-4,7,10-13H2,1-2H3,(H,24,27)(H,25,26). The zero-order valence-corrected chi connectivity index (χ0v) is 18.7. The number of esters is 1. The first-order chi connectivity index (χ1) is 15.0. The number of benzene rings is 1. The number of thiophene rings is 1. The van der Waals surface area contributed by atoms with E-state index in [2.05, 4.69) is 10.6 Å². The molecule has 31 heavy (non-hydrogen) atoms. The lowest BCUT2D eigenvalue weighted by Crippen LogP contribution is -2.26. The maximum Gasteiger partial charge on any atom is 0.341 e. The van der Waals surface area contributed by atoms with Gasteiger partial charge in [0.15, 0.2) is 0 Å². The third kappa shape index (κ3) is 6.07. The highest BCUT2D eigenvalue weighted by atomic mass is 32.1. The molecule has 1 saturated carbocycles. The second-order valence-corrected chi connectivity index (χ2v) is 8.11. The number of anilines is 1. The fraction of sp³-hybridized carbons (Fsp3) is 0.435. The molecule has 1 heterocycles. The lowest BCUT2D eigenvalue weighted by Gasteiger charge is -2.11. The first-order valence-electron chi connectivity index (χ1n) is 10.6. The van der Waals surface area contributed by atoms with Crippen LogP contribution in [-0.4, -0.2) is 37.5 Å². The van der Waals surface area contributed by atoms with Crippen molar-refractivity contribution in [3.63, 3.8) is 0 Å². The first kappa shape index (κ1) is 22.8. The average Bonchev–Trinajstić information content (AvgIpc) is 3.52. The van der Waals surface area contributed by atoms with Crippen LogP contribution in [0.2, 0.25) is 0 Å².